The normalized spacial score (nSPS) is 10.2. The molecule has 0 aromatic carbocycles. The first-order chi connectivity index (χ1) is 7.82. The Morgan fingerprint density at radius 2 is 1.88 bits per heavy atom. The van der Waals surface area contributed by atoms with Crippen LogP contribution in [-0.2, 0) is 4.79 Å². The number of hydrogen-bond donors (Lipinski definition) is 3. The molecule has 0 spiro atoms. The van der Waals surface area contributed by atoms with E-state index in [1.807, 2.05) is 13.0 Å². The molecular weight excluding hydrogens is 264 g/mol. The van der Waals surface area contributed by atoms with Crippen molar-refractivity contribution in [3.63, 3.8) is 0 Å². The van der Waals surface area contributed by atoms with Crippen LogP contribution in [0.25, 0.3) is 0 Å². The molecule has 94 valence electrons. The smallest absolute Gasteiger partial charge is 0.300 e. The Balaban J connectivity index is 0.000000557. The van der Waals surface area contributed by atoms with E-state index < -0.39 is 5.97 Å². The minimum Gasteiger partial charge on any atom is -0.481 e. The summed E-state index contributed by atoms with van der Waals surface area (Å²) in [7, 11) is 0. The highest BCUT2D eigenvalue weighted by atomic mass is 35.5. The van der Waals surface area contributed by atoms with Gasteiger partial charge in [0.05, 0.1) is 14.9 Å². The van der Waals surface area contributed by atoms with Crippen LogP contribution in [0.15, 0.2) is 22.3 Å². The van der Waals surface area contributed by atoms with Crippen molar-refractivity contribution in [2.75, 3.05) is 0 Å². The van der Waals surface area contributed by atoms with Gasteiger partial charge in [-0.05, 0) is 19.1 Å². The van der Waals surface area contributed by atoms with Gasteiger partial charge in [-0.1, -0.05) is 11.6 Å². The van der Waals surface area contributed by atoms with Crippen LogP contribution in [0.3, 0.4) is 0 Å². The molecule has 0 saturated carbocycles. The number of thiophene rings is 1. The maximum absolute atomic E-state index is 9.00. The van der Waals surface area contributed by atoms with Crippen LogP contribution in [-0.4, -0.2) is 22.7 Å². The van der Waals surface area contributed by atoms with Gasteiger partial charge in [0, 0.05) is 6.92 Å². The second-order valence-corrected chi connectivity index (χ2v) is 4.55. The summed E-state index contributed by atoms with van der Waals surface area (Å²) in [6.07, 6.45) is 0. The number of carboxylic acid groups (broad SMARTS) is 1. The number of nitrogens with zero attached hydrogens (tertiary/aromatic N) is 2. The van der Waals surface area contributed by atoms with Crippen molar-refractivity contribution >= 4 is 40.6 Å². The lowest BCUT2D eigenvalue weighted by atomic mass is 10.3. The fraction of sp³-hybridized carbons (Fsp3) is 0.222. The minimum atomic E-state index is -0.833. The Bertz CT molecular complexity index is 434. The molecule has 8 heteroatoms. The molecule has 0 atom stereocenters. The first-order valence-corrected chi connectivity index (χ1v) is 5.60. The van der Waals surface area contributed by atoms with Crippen molar-refractivity contribution in [1.29, 1.82) is 0 Å². The SMILES string of the molecule is C/C(=N\N=C(N)N)c1ccc(Cl)s1.CC(=O)O. The molecule has 1 rings (SSSR count). The maximum Gasteiger partial charge on any atom is 0.300 e. The highest BCUT2D eigenvalue weighted by Crippen LogP contribution is 2.21. The lowest BCUT2D eigenvalue weighted by Crippen LogP contribution is -2.22. The fourth-order valence-electron chi connectivity index (χ4n) is 0.691. The number of nitrogens with two attached hydrogens (primary N) is 2. The Morgan fingerprint density at radius 3 is 2.24 bits per heavy atom. The van der Waals surface area contributed by atoms with E-state index >= 15 is 0 Å². The molecule has 0 aliphatic rings. The molecule has 0 fully saturated rings. The third-order valence-corrected chi connectivity index (χ3v) is 2.59. The van der Waals surface area contributed by atoms with Crippen molar-refractivity contribution in [2.24, 2.45) is 21.7 Å². The van der Waals surface area contributed by atoms with E-state index in [1.165, 1.54) is 11.3 Å². The fourth-order valence-corrected chi connectivity index (χ4v) is 1.67. The highest BCUT2D eigenvalue weighted by Gasteiger charge is 2.00. The van der Waals surface area contributed by atoms with Crippen molar-refractivity contribution in [1.82, 2.24) is 0 Å². The third-order valence-electron chi connectivity index (χ3n) is 1.25. The second-order valence-electron chi connectivity index (χ2n) is 2.83. The van der Waals surface area contributed by atoms with E-state index in [1.54, 1.807) is 6.07 Å². The van der Waals surface area contributed by atoms with Crippen LogP contribution >= 0.6 is 22.9 Å². The molecule has 0 bridgehead atoms. The summed E-state index contributed by atoms with van der Waals surface area (Å²) >= 11 is 7.18. The van der Waals surface area contributed by atoms with Gasteiger partial charge in [0.1, 0.15) is 0 Å². The highest BCUT2D eigenvalue weighted by molar-refractivity contribution is 7.18. The average Bonchev–Trinajstić information content (AvgIpc) is 2.60. The van der Waals surface area contributed by atoms with Gasteiger partial charge in [-0.25, -0.2) is 0 Å². The average molecular weight is 277 g/mol. The summed E-state index contributed by atoms with van der Waals surface area (Å²) < 4.78 is 0.717. The van der Waals surface area contributed by atoms with Gasteiger partial charge in [-0.15, -0.1) is 16.4 Å². The predicted molar refractivity (Wildman–Crippen MR) is 70.7 cm³/mol. The molecule has 1 heterocycles. The summed E-state index contributed by atoms with van der Waals surface area (Å²) in [6, 6.07) is 3.67. The molecule has 17 heavy (non-hydrogen) atoms. The largest absolute Gasteiger partial charge is 0.481 e. The standard InChI is InChI=1S/C7H9ClN4S.C2H4O2/c1-4(11-12-7(9)10)5-2-3-6(8)13-5;1-2(3)4/h2-3H,1H3,(H4,9,10,12);1H3,(H,3,4)/b11-4+;. The Labute approximate surface area is 108 Å². The van der Waals surface area contributed by atoms with E-state index in [-0.39, 0.29) is 5.96 Å². The molecule has 0 aliphatic heterocycles. The molecule has 0 amide bonds. The van der Waals surface area contributed by atoms with E-state index in [0.29, 0.717) is 4.34 Å². The van der Waals surface area contributed by atoms with Crippen LogP contribution in [0, 0.1) is 0 Å². The lowest BCUT2D eigenvalue weighted by Gasteiger charge is -1.91. The molecular formula is C9H13ClN4O2S. The number of rotatable bonds is 2. The molecule has 6 nitrogen and oxygen atoms in total. The predicted octanol–water partition coefficient (Wildman–Crippen LogP) is 1.49. The summed E-state index contributed by atoms with van der Waals surface area (Å²) in [5.41, 5.74) is 11.0. The molecule has 0 aliphatic carbocycles. The Morgan fingerprint density at radius 1 is 1.35 bits per heavy atom. The van der Waals surface area contributed by atoms with Gasteiger partial charge in [-0.3, -0.25) is 4.79 Å². The minimum absolute atomic E-state index is 0.0537. The zero-order valence-corrected chi connectivity index (χ0v) is 10.9. The van der Waals surface area contributed by atoms with Crippen LogP contribution in [0.4, 0.5) is 0 Å². The maximum atomic E-state index is 9.00. The van der Waals surface area contributed by atoms with Crippen molar-refractivity contribution in [2.45, 2.75) is 13.8 Å². The number of aliphatic carboxylic acids is 1. The summed E-state index contributed by atoms with van der Waals surface area (Å²) in [5.74, 6) is -0.887. The zero-order chi connectivity index (χ0) is 13.4. The first-order valence-electron chi connectivity index (χ1n) is 4.41. The summed E-state index contributed by atoms with van der Waals surface area (Å²) in [5, 5.41) is 14.8. The van der Waals surface area contributed by atoms with Gasteiger partial charge in [0.2, 0.25) is 5.96 Å². The molecule has 0 unspecified atom stereocenters. The topological polar surface area (TPSA) is 114 Å². The van der Waals surface area contributed by atoms with E-state index in [0.717, 1.165) is 17.5 Å². The number of halogens is 1. The van der Waals surface area contributed by atoms with Gasteiger partial charge in [-0.2, -0.15) is 5.10 Å². The van der Waals surface area contributed by atoms with E-state index in [2.05, 4.69) is 10.2 Å². The first kappa shape index (κ1) is 15.4. The van der Waals surface area contributed by atoms with Gasteiger partial charge in [0.25, 0.3) is 5.97 Å². The molecule has 1 aromatic rings. The van der Waals surface area contributed by atoms with Crippen LogP contribution < -0.4 is 11.5 Å². The molecule has 0 saturated heterocycles. The van der Waals surface area contributed by atoms with Crippen LogP contribution in [0.5, 0.6) is 0 Å². The second kappa shape index (κ2) is 7.64. The summed E-state index contributed by atoms with van der Waals surface area (Å²) in [6.45, 7) is 2.90. The summed E-state index contributed by atoms with van der Waals surface area (Å²) in [4.78, 5) is 9.95. The van der Waals surface area contributed by atoms with E-state index in [9.17, 15) is 0 Å². The molecule has 1 aromatic heterocycles. The van der Waals surface area contributed by atoms with Gasteiger partial charge < -0.3 is 16.6 Å². The molecule has 0 radical (unpaired) electrons. The number of guanidine groups is 1. The number of hydrogen-bond acceptors (Lipinski definition) is 4. The van der Waals surface area contributed by atoms with Gasteiger partial charge >= 0.3 is 0 Å². The quantitative estimate of drug-likeness (QED) is 0.431. The number of carboxylic acids is 1. The monoisotopic (exact) mass is 276 g/mol. The molecule has 5 N–H and O–H groups in total. The van der Waals surface area contributed by atoms with Crippen molar-refractivity contribution in [3.8, 4) is 0 Å². The third kappa shape index (κ3) is 8.23. The van der Waals surface area contributed by atoms with Crippen LogP contribution in [0.1, 0.15) is 18.7 Å². The van der Waals surface area contributed by atoms with Gasteiger partial charge in [0.15, 0.2) is 0 Å². The Hall–Kier alpha value is -1.60. The Kier molecular flexibility index (Phi) is 6.92. The van der Waals surface area contributed by atoms with Crippen molar-refractivity contribution < 1.29 is 9.90 Å². The zero-order valence-electron chi connectivity index (χ0n) is 9.35. The van der Waals surface area contributed by atoms with Crippen molar-refractivity contribution in [3.05, 3.63) is 21.3 Å². The van der Waals surface area contributed by atoms with Crippen LogP contribution in [0.2, 0.25) is 4.34 Å². The lowest BCUT2D eigenvalue weighted by molar-refractivity contribution is -0.134. The number of carbonyl (C=O) groups is 1. The van der Waals surface area contributed by atoms with E-state index in [4.69, 9.17) is 33.0 Å².